The van der Waals surface area contributed by atoms with E-state index in [0.29, 0.717) is 12.0 Å². The van der Waals surface area contributed by atoms with Crippen molar-refractivity contribution in [1.82, 2.24) is 15.3 Å². The molecular formula is C18H31N3. The molecule has 0 spiro atoms. The van der Waals surface area contributed by atoms with E-state index in [9.17, 15) is 0 Å². The van der Waals surface area contributed by atoms with Crippen LogP contribution in [-0.4, -0.2) is 16.5 Å². The van der Waals surface area contributed by atoms with Crippen molar-refractivity contribution in [3.05, 3.63) is 23.3 Å². The van der Waals surface area contributed by atoms with Crippen LogP contribution < -0.4 is 5.32 Å². The minimum absolute atomic E-state index is 0.341. The van der Waals surface area contributed by atoms with Gasteiger partial charge in [-0.25, -0.2) is 9.97 Å². The molecular weight excluding hydrogens is 258 g/mol. The van der Waals surface area contributed by atoms with E-state index in [1.165, 1.54) is 37.7 Å². The van der Waals surface area contributed by atoms with E-state index in [2.05, 4.69) is 39.2 Å². The fraction of sp³-hybridized carbons (Fsp3) is 0.778. The van der Waals surface area contributed by atoms with E-state index < -0.39 is 0 Å². The first-order valence-corrected chi connectivity index (χ1v) is 8.72. The Kier molecular flexibility index (Phi) is 6.16. The second-order valence-corrected chi connectivity index (χ2v) is 6.58. The molecule has 0 aromatic carbocycles. The van der Waals surface area contributed by atoms with Crippen molar-refractivity contribution >= 4 is 0 Å². The van der Waals surface area contributed by atoms with Crippen LogP contribution in [0.5, 0.6) is 0 Å². The van der Waals surface area contributed by atoms with E-state index in [-0.39, 0.29) is 0 Å². The van der Waals surface area contributed by atoms with Crippen molar-refractivity contribution in [2.24, 2.45) is 5.92 Å². The summed E-state index contributed by atoms with van der Waals surface area (Å²) >= 11 is 0. The summed E-state index contributed by atoms with van der Waals surface area (Å²) < 4.78 is 0. The van der Waals surface area contributed by atoms with Gasteiger partial charge in [-0.1, -0.05) is 33.1 Å². The molecule has 1 aliphatic carbocycles. The summed E-state index contributed by atoms with van der Waals surface area (Å²) in [5.74, 6) is 2.53. The normalized spacial score (nSPS) is 24.0. The maximum Gasteiger partial charge on any atom is 0.131 e. The summed E-state index contributed by atoms with van der Waals surface area (Å²) in [5.41, 5.74) is 2.39. The fourth-order valence-corrected chi connectivity index (χ4v) is 3.48. The van der Waals surface area contributed by atoms with Crippen molar-refractivity contribution in [3.8, 4) is 0 Å². The molecule has 0 radical (unpaired) electrons. The van der Waals surface area contributed by atoms with Crippen LogP contribution in [0.2, 0.25) is 0 Å². The van der Waals surface area contributed by atoms with Crippen LogP contribution in [0.15, 0.2) is 6.20 Å². The van der Waals surface area contributed by atoms with Gasteiger partial charge in [-0.15, -0.1) is 0 Å². The number of rotatable bonds is 6. The molecule has 1 fully saturated rings. The largest absolute Gasteiger partial charge is 0.310 e. The van der Waals surface area contributed by atoms with Crippen LogP contribution in [0.4, 0.5) is 0 Å². The third kappa shape index (κ3) is 4.26. The molecule has 2 rings (SSSR count). The van der Waals surface area contributed by atoms with Gasteiger partial charge in [-0.05, 0) is 45.6 Å². The van der Waals surface area contributed by atoms with E-state index in [1.807, 2.05) is 0 Å². The van der Waals surface area contributed by atoms with Crippen LogP contribution in [-0.2, 0) is 0 Å². The average Bonchev–Trinajstić information content (AvgIpc) is 2.52. The van der Waals surface area contributed by atoms with Gasteiger partial charge < -0.3 is 5.32 Å². The molecule has 3 heteroatoms. The van der Waals surface area contributed by atoms with Gasteiger partial charge >= 0.3 is 0 Å². The van der Waals surface area contributed by atoms with Crippen LogP contribution in [0.3, 0.4) is 0 Å². The minimum atomic E-state index is 0.341. The second kappa shape index (κ2) is 7.88. The zero-order valence-electron chi connectivity index (χ0n) is 14.2. The Morgan fingerprint density at radius 1 is 1.33 bits per heavy atom. The highest BCUT2D eigenvalue weighted by Gasteiger charge is 2.24. The highest BCUT2D eigenvalue weighted by molar-refractivity contribution is 5.21. The molecule has 21 heavy (non-hydrogen) atoms. The van der Waals surface area contributed by atoms with Crippen molar-refractivity contribution in [2.45, 2.75) is 78.2 Å². The molecule has 118 valence electrons. The van der Waals surface area contributed by atoms with Gasteiger partial charge in [0.2, 0.25) is 0 Å². The van der Waals surface area contributed by atoms with Crippen molar-refractivity contribution in [3.63, 3.8) is 0 Å². The van der Waals surface area contributed by atoms with Gasteiger partial charge in [0, 0.05) is 29.4 Å². The molecule has 3 nitrogen and oxygen atoms in total. The highest BCUT2D eigenvalue weighted by Crippen LogP contribution is 2.36. The van der Waals surface area contributed by atoms with Crippen LogP contribution >= 0.6 is 0 Å². The van der Waals surface area contributed by atoms with Gasteiger partial charge in [-0.2, -0.15) is 0 Å². The summed E-state index contributed by atoms with van der Waals surface area (Å²) in [6.45, 7) is 9.88. The Morgan fingerprint density at radius 2 is 2.14 bits per heavy atom. The Labute approximate surface area is 130 Å². The smallest absolute Gasteiger partial charge is 0.131 e. The van der Waals surface area contributed by atoms with Gasteiger partial charge in [0.05, 0.1) is 0 Å². The predicted molar refractivity (Wildman–Crippen MR) is 88.5 cm³/mol. The monoisotopic (exact) mass is 289 g/mol. The molecule has 0 saturated heterocycles. The summed E-state index contributed by atoms with van der Waals surface area (Å²) in [7, 11) is 0. The third-order valence-corrected chi connectivity index (χ3v) is 4.93. The van der Waals surface area contributed by atoms with Crippen molar-refractivity contribution in [2.75, 3.05) is 6.54 Å². The SMILES string of the molecule is CCCNC(C)c1cnc(C2CCCC(CC)C2)nc1C. The van der Waals surface area contributed by atoms with Crippen molar-refractivity contribution < 1.29 is 0 Å². The van der Waals surface area contributed by atoms with Crippen molar-refractivity contribution in [1.29, 1.82) is 0 Å². The quantitative estimate of drug-likeness (QED) is 0.836. The first kappa shape index (κ1) is 16.4. The summed E-state index contributed by atoms with van der Waals surface area (Å²) in [6.07, 6.45) is 9.77. The summed E-state index contributed by atoms with van der Waals surface area (Å²) in [4.78, 5) is 9.55. The maximum absolute atomic E-state index is 4.84. The molecule has 3 atom stereocenters. The Balaban J connectivity index is 2.07. The lowest BCUT2D eigenvalue weighted by Gasteiger charge is -2.28. The molecule has 1 aromatic heterocycles. The standard InChI is InChI=1S/C18H31N3/c1-5-10-19-13(3)17-12-20-18(21-14(17)4)16-9-7-8-15(6-2)11-16/h12-13,15-16,19H,5-11H2,1-4H3. The van der Waals surface area contributed by atoms with Crippen LogP contribution in [0.1, 0.15) is 88.3 Å². The Bertz CT molecular complexity index is 444. The first-order valence-electron chi connectivity index (χ1n) is 8.72. The molecule has 1 aromatic rings. The summed E-state index contributed by atoms with van der Waals surface area (Å²) in [5, 5.41) is 3.52. The van der Waals surface area contributed by atoms with Gasteiger partial charge in [0.25, 0.3) is 0 Å². The topological polar surface area (TPSA) is 37.8 Å². The zero-order chi connectivity index (χ0) is 15.2. The molecule has 1 heterocycles. The Morgan fingerprint density at radius 3 is 2.81 bits per heavy atom. The third-order valence-electron chi connectivity index (χ3n) is 4.93. The van der Waals surface area contributed by atoms with E-state index in [0.717, 1.165) is 30.4 Å². The number of nitrogens with zero attached hydrogens (tertiary/aromatic N) is 2. The number of aromatic nitrogens is 2. The van der Waals surface area contributed by atoms with E-state index >= 15 is 0 Å². The van der Waals surface area contributed by atoms with Gasteiger partial charge in [0.1, 0.15) is 5.82 Å². The van der Waals surface area contributed by atoms with Crippen LogP contribution in [0, 0.1) is 12.8 Å². The second-order valence-electron chi connectivity index (χ2n) is 6.58. The highest BCUT2D eigenvalue weighted by atomic mass is 14.9. The molecule has 0 bridgehead atoms. The molecule has 0 aliphatic heterocycles. The first-order chi connectivity index (χ1) is 10.2. The lowest BCUT2D eigenvalue weighted by atomic mass is 9.80. The zero-order valence-corrected chi connectivity index (χ0v) is 14.2. The minimum Gasteiger partial charge on any atom is -0.310 e. The average molecular weight is 289 g/mol. The summed E-state index contributed by atoms with van der Waals surface area (Å²) in [6, 6.07) is 0.341. The molecule has 1 saturated carbocycles. The van der Waals surface area contributed by atoms with Gasteiger partial charge in [0.15, 0.2) is 0 Å². The molecule has 0 amide bonds. The van der Waals surface area contributed by atoms with Crippen LogP contribution in [0.25, 0.3) is 0 Å². The molecule has 1 aliphatic rings. The fourth-order valence-electron chi connectivity index (χ4n) is 3.48. The van der Waals surface area contributed by atoms with Gasteiger partial charge in [-0.3, -0.25) is 0 Å². The lowest BCUT2D eigenvalue weighted by Crippen LogP contribution is -2.22. The van der Waals surface area contributed by atoms with E-state index in [1.54, 1.807) is 0 Å². The number of hydrogen-bond acceptors (Lipinski definition) is 3. The maximum atomic E-state index is 4.84. The van der Waals surface area contributed by atoms with E-state index in [4.69, 9.17) is 9.97 Å². The predicted octanol–water partition coefficient (Wildman–Crippen LogP) is 4.53. The molecule has 3 unspecified atom stereocenters. The molecule has 1 N–H and O–H groups in total. The lowest BCUT2D eigenvalue weighted by molar-refractivity contribution is 0.306. The Hall–Kier alpha value is -0.960. The number of aryl methyl sites for hydroxylation is 1. The number of nitrogens with one attached hydrogen (secondary N) is 1. The number of hydrogen-bond donors (Lipinski definition) is 1.